The number of nitrogen functional groups attached to an aromatic ring is 2. The van der Waals surface area contributed by atoms with Gasteiger partial charge in [-0.15, -0.1) is 17.7 Å². The van der Waals surface area contributed by atoms with E-state index in [2.05, 4.69) is 60.1 Å². The van der Waals surface area contributed by atoms with Crippen molar-refractivity contribution in [3.63, 3.8) is 0 Å². The maximum Gasteiger partial charge on any atom is 0.280 e. The van der Waals surface area contributed by atoms with Gasteiger partial charge in [0.25, 0.3) is 5.56 Å². The standard InChI is InChI=1S/C20H22F2N11O6PS3/c21-7-5-1-35-20(41)38-18-8(22)11(17(43-18)32-4-27-10-14(32)28-19(24)29-15(10)34)39-40(42)36-2-6(5)37-16(7)33-13-9(30-31-33)12(23)25-3-26-13/h3-8,11,16-18,20,41-42H,1-2H2,(H2,23,25,26)(H3,24,28,29,34)/t5-,6-,7+,8-,11-,16-,17-,18?,20?,40?/m1/s1. The van der Waals surface area contributed by atoms with Crippen molar-refractivity contribution in [2.75, 3.05) is 24.7 Å². The fourth-order valence-electron chi connectivity index (χ4n) is 5.07. The fourth-order valence-corrected chi connectivity index (χ4v) is 8.15. The van der Waals surface area contributed by atoms with Crippen LogP contribution in [0.2, 0.25) is 0 Å². The lowest BCUT2D eigenvalue weighted by Crippen LogP contribution is -2.33. The number of imidazole rings is 1. The van der Waals surface area contributed by atoms with Gasteiger partial charge in [-0.25, -0.2) is 23.7 Å². The van der Waals surface area contributed by atoms with Crippen molar-refractivity contribution < 1.29 is 32.0 Å². The summed E-state index contributed by atoms with van der Waals surface area (Å²) in [5.74, 6) is -0.941. The summed E-state index contributed by atoms with van der Waals surface area (Å²) in [5.41, 5.74) is 9.14. The molecule has 4 aromatic heterocycles. The summed E-state index contributed by atoms with van der Waals surface area (Å²) < 4.78 is 63.7. The van der Waals surface area contributed by atoms with E-state index in [1.165, 1.54) is 21.9 Å². The number of rotatable bonds is 2. The van der Waals surface area contributed by atoms with Crippen LogP contribution in [0, 0.1) is 5.92 Å². The van der Waals surface area contributed by atoms with Crippen molar-refractivity contribution in [3.8, 4) is 0 Å². The first kappa shape index (κ1) is 29.3. The Bertz CT molecular complexity index is 1720. The highest BCUT2D eigenvalue weighted by molar-refractivity contribution is 8.41. The molecule has 5 N–H and O–H groups in total. The number of hydrogen-bond acceptors (Lipinski definition) is 17. The Labute approximate surface area is 255 Å². The van der Waals surface area contributed by atoms with Gasteiger partial charge in [-0.1, -0.05) is 29.2 Å². The summed E-state index contributed by atoms with van der Waals surface area (Å²) >= 11 is 9.75. The van der Waals surface area contributed by atoms with Crippen LogP contribution in [0.3, 0.4) is 0 Å². The van der Waals surface area contributed by atoms with E-state index in [0.29, 0.717) is 0 Å². The van der Waals surface area contributed by atoms with Crippen LogP contribution in [0.15, 0.2) is 17.4 Å². The fraction of sp³-hybridized carbons (Fsp3) is 0.550. The van der Waals surface area contributed by atoms with Crippen LogP contribution >= 0.6 is 44.2 Å². The first-order valence-electron chi connectivity index (χ1n) is 12.6. The molecule has 230 valence electrons. The van der Waals surface area contributed by atoms with Crippen LogP contribution in [0.1, 0.15) is 11.6 Å². The molecule has 0 aromatic carbocycles. The van der Waals surface area contributed by atoms with Crippen molar-refractivity contribution in [1.82, 2.24) is 44.5 Å². The third-order valence-corrected chi connectivity index (χ3v) is 10.2. The second kappa shape index (κ2) is 11.5. The van der Waals surface area contributed by atoms with Gasteiger partial charge in [0.05, 0.1) is 25.6 Å². The molecule has 23 heteroatoms. The minimum Gasteiger partial charge on any atom is -0.382 e. The van der Waals surface area contributed by atoms with E-state index in [9.17, 15) is 4.79 Å². The van der Waals surface area contributed by atoms with E-state index in [1.807, 2.05) is 0 Å². The number of hydrogen-bond donors (Lipinski definition) is 5. The third-order valence-electron chi connectivity index (χ3n) is 7.10. The van der Waals surface area contributed by atoms with E-state index >= 15 is 8.78 Å². The van der Waals surface area contributed by atoms with Crippen LogP contribution in [0.5, 0.6) is 0 Å². The van der Waals surface area contributed by atoms with Crippen molar-refractivity contribution in [2.24, 2.45) is 5.92 Å². The molecule has 3 aliphatic rings. The Balaban J connectivity index is 1.15. The summed E-state index contributed by atoms with van der Waals surface area (Å²) in [4.78, 5) is 30.9. The maximum absolute atomic E-state index is 15.9. The number of aromatic nitrogens is 9. The molecule has 0 saturated carbocycles. The van der Waals surface area contributed by atoms with E-state index in [0.717, 1.165) is 11.8 Å². The molecule has 0 spiro atoms. The molecule has 2 bridgehead atoms. The molecule has 0 radical (unpaired) electrons. The molecule has 3 unspecified atom stereocenters. The third kappa shape index (κ3) is 5.21. The van der Waals surface area contributed by atoms with E-state index < -0.39 is 66.3 Å². The van der Waals surface area contributed by atoms with E-state index in [-0.39, 0.29) is 47.3 Å². The zero-order valence-electron chi connectivity index (χ0n) is 21.5. The molecular formula is C20H22F2N11O6PS3. The Kier molecular flexibility index (Phi) is 7.83. The minimum absolute atomic E-state index is 0.0107. The largest absolute Gasteiger partial charge is 0.382 e. The van der Waals surface area contributed by atoms with Gasteiger partial charge in [0, 0.05) is 5.92 Å². The molecule has 0 amide bonds. The predicted molar refractivity (Wildman–Crippen MR) is 154 cm³/mol. The number of ether oxygens (including phenoxy) is 3. The number of anilines is 2. The van der Waals surface area contributed by atoms with Crippen LogP contribution in [-0.4, -0.2) is 93.3 Å². The minimum atomic E-state index is -2.03. The number of nitrogens with one attached hydrogen (secondary N) is 1. The van der Waals surface area contributed by atoms with Gasteiger partial charge < -0.3 is 34.7 Å². The lowest BCUT2D eigenvalue weighted by atomic mass is 10.0. The number of aromatic amines is 1. The topological polar surface area (TPSA) is 218 Å². The molecule has 3 aliphatic heterocycles. The molecule has 4 aromatic rings. The summed E-state index contributed by atoms with van der Waals surface area (Å²) in [6, 6.07) is 0. The molecule has 3 saturated heterocycles. The van der Waals surface area contributed by atoms with Gasteiger partial charge in [0.15, 0.2) is 46.7 Å². The number of nitrogens with two attached hydrogens (primary N) is 2. The highest BCUT2D eigenvalue weighted by Crippen LogP contribution is 2.55. The second-order valence-electron chi connectivity index (χ2n) is 9.63. The number of nitrogens with zero attached hydrogens (tertiary/aromatic N) is 8. The van der Waals surface area contributed by atoms with Crippen molar-refractivity contribution >= 4 is 78.3 Å². The SMILES string of the molecule is Nc1nc2c(ncn2[C@@H]2SC3OC(S)OC[C@H]4[C@H](F)[C@H](n5nnc6c(N)ncnc65)O[C@@H]4COP(S)O[C@@H]2[C@H]3F)c(=O)[nH]1. The van der Waals surface area contributed by atoms with Crippen LogP contribution < -0.4 is 17.0 Å². The van der Waals surface area contributed by atoms with Gasteiger partial charge in [-0.3, -0.25) is 14.3 Å². The second-order valence-corrected chi connectivity index (χ2v) is 13.2. The molecule has 0 aliphatic carbocycles. The summed E-state index contributed by atoms with van der Waals surface area (Å²) in [6.45, 7) is -0.414. The number of thiol groups is 2. The van der Waals surface area contributed by atoms with Crippen molar-refractivity contribution in [1.29, 1.82) is 0 Å². The Hall–Kier alpha value is -2.43. The summed E-state index contributed by atoms with van der Waals surface area (Å²) in [5, 5.41) is 7.10. The zero-order chi connectivity index (χ0) is 30.0. The number of thioether (sulfide) groups is 1. The molecule has 3 fully saturated rings. The van der Waals surface area contributed by atoms with Crippen molar-refractivity contribution in [2.45, 2.75) is 47.2 Å². The molecular weight excluding hydrogens is 655 g/mol. The Morgan fingerprint density at radius 2 is 1.95 bits per heavy atom. The smallest absolute Gasteiger partial charge is 0.280 e. The monoisotopic (exact) mass is 677 g/mol. The number of fused-ring (bicyclic) bond motifs is 5. The lowest BCUT2D eigenvalue weighted by Gasteiger charge is -2.25. The summed E-state index contributed by atoms with van der Waals surface area (Å²) in [6.07, 6.45) is -4.16. The van der Waals surface area contributed by atoms with Gasteiger partial charge >= 0.3 is 0 Å². The van der Waals surface area contributed by atoms with Crippen LogP contribution in [-0.2, 0) is 23.3 Å². The van der Waals surface area contributed by atoms with Crippen LogP contribution in [0.4, 0.5) is 20.5 Å². The maximum atomic E-state index is 15.9. The zero-order valence-corrected chi connectivity index (χ0v) is 25.0. The average molecular weight is 678 g/mol. The van der Waals surface area contributed by atoms with E-state index in [1.54, 1.807) is 0 Å². The van der Waals surface area contributed by atoms with Crippen molar-refractivity contribution in [3.05, 3.63) is 23.0 Å². The Morgan fingerprint density at radius 1 is 1.12 bits per heavy atom. The average Bonchev–Trinajstić information content (AvgIpc) is 3.72. The molecule has 17 nitrogen and oxygen atoms in total. The highest BCUT2D eigenvalue weighted by atomic mass is 32.7. The predicted octanol–water partition coefficient (Wildman–Crippen LogP) is 1.10. The normalized spacial score (nSPS) is 35.4. The molecule has 7 heterocycles. The van der Waals surface area contributed by atoms with Crippen LogP contribution in [0.25, 0.3) is 22.3 Å². The molecule has 7 rings (SSSR count). The number of halogens is 2. The van der Waals surface area contributed by atoms with E-state index in [4.69, 9.17) is 34.7 Å². The van der Waals surface area contributed by atoms with Gasteiger partial charge in [-0.05, 0) is 0 Å². The molecule has 10 atom stereocenters. The van der Waals surface area contributed by atoms with Gasteiger partial charge in [-0.2, -0.15) is 9.67 Å². The lowest BCUT2D eigenvalue weighted by molar-refractivity contribution is -0.123. The number of alkyl halides is 2. The number of H-pyrrole nitrogens is 1. The Morgan fingerprint density at radius 3 is 2.79 bits per heavy atom. The first-order valence-corrected chi connectivity index (χ1v) is 16.3. The highest BCUT2D eigenvalue weighted by Gasteiger charge is 2.52. The van der Waals surface area contributed by atoms with Gasteiger partial charge in [0.1, 0.15) is 23.2 Å². The quantitative estimate of drug-likeness (QED) is 0.148. The van der Waals surface area contributed by atoms with Gasteiger partial charge in [0.2, 0.25) is 19.1 Å². The summed E-state index contributed by atoms with van der Waals surface area (Å²) in [7, 11) is -2.03. The molecule has 43 heavy (non-hydrogen) atoms. The first-order chi connectivity index (χ1) is 20.7.